The Bertz CT molecular complexity index is 207. The lowest BCUT2D eigenvalue weighted by Gasteiger charge is -2.43. The molecule has 2 rings (SSSR count). The van der Waals surface area contributed by atoms with Crippen molar-refractivity contribution in [3.63, 3.8) is 0 Å². The second kappa shape index (κ2) is 6.38. The van der Waals surface area contributed by atoms with E-state index in [1.165, 1.54) is 51.9 Å². The maximum Gasteiger partial charge on any atom is 0.0113 e. The largest absolute Gasteiger partial charge is 0.298 e. The van der Waals surface area contributed by atoms with Gasteiger partial charge in [-0.3, -0.25) is 9.80 Å². The summed E-state index contributed by atoms with van der Waals surface area (Å²) in [6.07, 6.45) is 5.83. The van der Waals surface area contributed by atoms with Crippen LogP contribution >= 0.6 is 0 Å². The Labute approximate surface area is 114 Å². The molecule has 0 spiro atoms. The van der Waals surface area contributed by atoms with Crippen molar-refractivity contribution in [3.05, 3.63) is 0 Å². The van der Waals surface area contributed by atoms with Gasteiger partial charge in [0.25, 0.3) is 0 Å². The third-order valence-corrected chi connectivity index (χ3v) is 5.28. The third kappa shape index (κ3) is 3.48. The molecule has 0 aromatic carbocycles. The second-order valence-electron chi connectivity index (χ2n) is 6.98. The summed E-state index contributed by atoms with van der Waals surface area (Å²) in [5.74, 6) is 1.89. The first-order valence-electron chi connectivity index (χ1n) is 8.06. The fraction of sp³-hybridized carbons (Fsp3) is 1.00. The highest BCUT2D eigenvalue weighted by Gasteiger charge is 2.29. The minimum atomic E-state index is 0.726. The fourth-order valence-corrected chi connectivity index (χ4v) is 3.75. The number of hydrogen-bond donors (Lipinski definition) is 0. The summed E-state index contributed by atoms with van der Waals surface area (Å²) in [7, 11) is 0. The first kappa shape index (κ1) is 14.3. The predicted molar refractivity (Wildman–Crippen MR) is 78.9 cm³/mol. The van der Waals surface area contributed by atoms with E-state index >= 15 is 0 Å². The van der Waals surface area contributed by atoms with Gasteiger partial charge in [-0.05, 0) is 51.4 Å². The molecule has 0 bridgehead atoms. The molecule has 1 aliphatic carbocycles. The Balaban J connectivity index is 1.75. The topological polar surface area (TPSA) is 6.48 Å². The van der Waals surface area contributed by atoms with E-state index in [2.05, 4.69) is 37.5 Å². The summed E-state index contributed by atoms with van der Waals surface area (Å²) in [4.78, 5) is 5.39. The molecule has 0 unspecified atom stereocenters. The van der Waals surface area contributed by atoms with Gasteiger partial charge in [-0.1, -0.05) is 13.8 Å². The van der Waals surface area contributed by atoms with E-state index in [9.17, 15) is 0 Å². The minimum Gasteiger partial charge on any atom is -0.298 e. The molecule has 0 aromatic rings. The summed E-state index contributed by atoms with van der Waals surface area (Å²) >= 11 is 0. The zero-order valence-corrected chi connectivity index (χ0v) is 12.9. The van der Waals surface area contributed by atoms with Crippen LogP contribution in [-0.4, -0.2) is 48.1 Å². The van der Waals surface area contributed by atoms with Crippen molar-refractivity contribution >= 4 is 0 Å². The number of piperazine rings is 1. The zero-order valence-electron chi connectivity index (χ0n) is 12.9. The van der Waals surface area contributed by atoms with Crippen molar-refractivity contribution in [2.75, 3.05) is 26.2 Å². The summed E-state index contributed by atoms with van der Waals surface area (Å²) in [6, 6.07) is 1.62. The Kier molecular flexibility index (Phi) is 5.08. The van der Waals surface area contributed by atoms with Gasteiger partial charge < -0.3 is 0 Å². The second-order valence-corrected chi connectivity index (χ2v) is 6.98. The first-order valence-corrected chi connectivity index (χ1v) is 8.06. The van der Waals surface area contributed by atoms with E-state index in [4.69, 9.17) is 0 Å². The Morgan fingerprint density at radius 1 is 0.778 bits per heavy atom. The van der Waals surface area contributed by atoms with Crippen LogP contribution in [0.1, 0.15) is 53.4 Å². The maximum atomic E-state index is 2.77. The highest BCUT2D eigenvalue weighted by atomic mass is 15.3. The van der Waals surface area contributed by atoms with Gasteiger partial charge in [0.05, 0.1) is 0 Å². The minimum absolute atomic E-state index is 0.726. The SMILES string of the molecule is CC(C)N1CCN([C@H]2CC[C@@H](C(C)C)CC2)CC1. The predicted octanol–water partition coefficient (Wildman–Crippen LogP) is 3.23. The van der Waals surface area contributed by atoms with Crippen LogP contribution < -0.4 is 0 Å². The Hall–Kier alpha value is -0.0800. The van der Waals surface area contributed by atoms with Crippen molar-refractivity contribution in [2.24, 2.45) is 11.8 Å². The van der Waals surface area contributed by atoms with Gasteiger partial charge in [0.1, 0.15) is 0 Å². The molecule has 2 aliphatic rings. The van der Waals surface area contributed by atoms with Crippen molar-refractivity contribution in [2.45, 2.75) is 65.5 Å². The number of rotatable bonds is 3. The summed E-state index contributed by atoms with van der Waals surface area (Å²) in [5.41, 5.74) is 0. The third-order valence-electron chi connectivity index (χ3n) is 5.28. The van der Waals surface area contributed by atoms with Crippen LogP contribution in [0.5, 0.6) is 0 Å². The molecular formula is C16H32N2. The first-order chi connectivity index (χ1) is 8.58. The van der Waals surface area contributed by atoms with Crippen LogP contribution in [0.25, 0.3) is 0 Å². The van der Waals surface area contributed by atoms with Crippen molar-refractivity contribution in [1.29, 1.82) is 0 Å². The molecule has 1 saturated carbocycles. The Morgan fingerprint density at radius 2 is 1.33 bits per heavy atom. The lowest BCUT2D eigenvalue weighted by molar-refractivity contribution is 0.0535. The van der Waals surface area contributed by atoms with Crippen LogP contribution in [-0.2, 0) is 0 Å². The molecule has 0 N–H and O–H groups in total. The molecule has 1 aliphatic heterocycles. The maximum absolute atomic E-state index is 2.77. The van der Waals surface area contributed by atoms with Crippen LogP contribution in [0.4, 0.5) is 0 Å². The molecule has 0 atom stereocenters. The average molecular weight is 252 g/mol. The molecule has 106 valence electrons. The molecular weight excluding hydrogens is 220 g/mol. The normalized spacial score (nSPS) is 32.3. The fourth-order valence-electron chi connectivity index (χ4n) is 3.75. The molecule has 0 aromatic heterocycles. The molecule has 18 heavy (non-hydrogen) atoms. The Morgan fingerprint density at radius 3 is 1.78 bits per heavy atom. The van der Waals surface area contributed by atoms with Crippen molar-refractivity contribution in [1.82, 2.24) is 9.80 Å². The average Bonchev–Trinajstić information content (AvgIpc) is 2.39. The van der Waals surface area contributed by atoms with Crippen LogP contribution in [0.3, 0.4) is 0 Å². The van der Waals surface area contributed by atoms with E-state index in [0.717, 1.165) is 23.9 Å². The van der Waals surface area contributed by atoms with E-state index in [1.54, 1.807) is 0 Å². The quantitative estimate of drug-likeness (QED) is 0.761. The summed E-state index contributed by atoms with van der Waals surface area (Å²) < 4.78 is 0. The summed E-state index contributed by atoms with van der Waals surface area (Å²) in [5, 5.41) is 0. The van der Waals surface area contributed by atoms with Crippen LogP contribution in [0, 0.1) is 11.8 Å². The van der Waals surface area contributed by atoms with Gasteiger partial charge in [0, 0.05) is 38.3 Å². The highest BCUT2D eigenvalue weighted by Crippen LogP contribution is 2.32. The van der Waals surface area contributed by atoms with Gasteiger partial charge in [-0.15, -0.1) is 0 Å². The van der Waals surface area contributed by atoms with Crippen molar-refractivity contribution in [3.8, 4) is 0 Å². The van der Waals surface area contributed by atoms with Gasteiger partial charge in [0.15, 0.2) is 0 Å². The standard InChI is InChI=1S/C16H32N2/c1-13(2)15-5-7-16(8-6-15)18-11-9-17(10-12-18)14(3)4/h13-16H,5-12H2,1-4H3/t15-,16+. The van der Waals surface area contributed by atoms with E-state index < -0.39 is 0 Å². The summed E-state index contributed by atoms with van der Waals surface area (Å²) in [6.45, 7) is 14.6. The van der Waals surface area contributed by atoms with Crippen molar-refractivity contribution < 1.29 is 0 Å². The smallest absolute Gasteiger partial charge is 0.0113 e. The molecule has 1 heterocycles. The molecule has 1 saturated heterocycles. The van der Waals surface area contributed by atoms with Gasteiger partial charge in [-0.2, -0.15) is 0 Å². The monoisotopic (exact) mass is 252 g/mol. The molecule has 0 amide bonds. The molecule has 0 radical (unpaired) electrons. The van der Waals surface area contributed by atoms with Gasteiger partial charge in [-0.25, -0.2) is 0 Å². The van der Waals surface area contributed by atoms with Crippen LogP contribution in [0.2, 0.25) is 0 Å². The number of hydrogen-bond acceptors (Lipinski definition) is 2. The zero-order chi connectivity index (χ0) is 13.1. The highest BCUT2D eigenvalue weighted by molar-refractivity contribution is 4.84. The molecule has 2 heteroatoms. The van der Waals surface area contributed by atoms with E-state index in [0.29, 0.717) is 0 Å². The van der Waals surface area contributed by atoms with Crippen LogP contribution in [0.15, 0.2) is 0 Å². The molecule has 2 fully saturated rings. The van der Waals surface area contributed by atoms with E-state index in [-0.39, 0.29) is 0 Å². The number of nitrogens with zero attached hydrogens (tertiary/aromatic N) is 2. The van der Waals surface area contributed by atoms with E-state index in [1.807, 2.05) is 0 Å². The van der Waals surface area contributed by atoms with Gasteiger partial charge in [0.2, 0.25) is 0 Å². The molecule has 2 nitrogen and oxygen atoms in total. The lowest BCUT2D eigenvalue weighted by atomic mass is 9.79. The lowest BCUT2D eigenvalue weighted by Crippen LogP contribution is -2.52. The van der Waals surface area contributed by atoms with Gasteiger partial charge >= 0.3 is 0 Å².